The van der Waals surface area contributed by atoms with E-state index in [9.17, 15) is 0 Å². The highest BCUT2D eigenvalue weighted by molar-refractivity contribution is 7.71. The first kappa shape index (κ1) is 12.9. The molecular weight excluding hydrogens is 264 g/mol. The van der Waals surface area contributed by atoms with Gasteiger partial charge < -0.3 is 9.55 Å². The van der Waals surface area contributed by atoms with Crippen molar-refractivity contribution in [2.45, 2.75) is 13.5 Å². The van der Waals surface area contributed by atoms with Crippen LogP contribution in [0.2, 0.25) is 0 Å². The number of rotatable bonds is 3. The molecule has 0 saturated heterocycles. The average Bonchev–Trinajstić information content (AvgIpc) is 2.85. The van der Waals surface area contributed by atoms with E-state index >= 15 is 0 Å². The smallest absolute Gasteiger partial charge is 0.178 e. The number of H-pyrrole nitrogens is 1. The monoisotopic (exact) mass is 280 g/mol. The Morgan fingerprint density at radius 3 is 2.00 bits per heavy atom. The van der Waals surface area contributed by atoms with E-state index in [1.54, 1.807) is 0 Å². The van der Waals surface area contributed by atoms with Gasteiger partial charge in [-0.05, 0) is 19.1 Å². The van der Waals surface area contributed by atoms with Gasteiger partial charge in [-0.2, -0.15) is 0 Å². The molecule has 0 bridgehead atoms. The van der Waals surface area contributed by atoms with Crippen LogP contribution in [0, 0.1) is 4.77 Å². The van der Waals surface area contributed by atoms with Crippen LogP contribution in [0.25, 0.3) is 22.5 Å². The number of aromatic amines is 1. The van der Waals surface area contributed by atoms with Gasteiger partial charge >= 0.3 is 0 Å². The van der Waals surface area contributed by atoms with E-state index in [4.69, 9.17) is 12.2 Å². The Hall–Kier alpha value is -2.13. The second kappa shape index (κ2) is 5.47. The summed E-state index contributed by atoms with van der Waals surface area (Å²) in [6, 6.07) is 20.7. The molecule has 0 fully saturated rings. The SMILES string of the molecule is CCn1c(-c2ccccc2)c(-c2ccccc2)[nH]c1=S. The third-order valence-corrected chi connectivity index (χ3v) is 3.73. The lowest BCUT2D eigenvalue weighted by molar-refractivity contribution is 0.757. The fourth-order valence-electron chi connectivity index (χ4n) is 2.48. The highest BCUT2D eigenvalue weighted by Crippen LogP contribution is 2.31. The van der Waals surface area contributed by atoms with Crippen molar-refractivity contribution in [1.82, 2.24) is 9.55 Å². The Labute approximate surface area is 123 Å². The predicted octanol–water partition coefficient (Wildman–Crippen LogP) is 4.90. The maximum atomic E-state index is 5.47. The lowest BCUT2D eigenvalue weighted by Crippen LogP contribution is -1.97. The molecular formula is C17H16N2S. The highest BCUT2D eigenvalue weighted by Gasteiger charge is 2.14. The summed E-state index contributed by atoms with van der Waals surface area (Å²) < 4.78 is 2.91. The molecule has 3 heteroatoms. The van der Waals surface area contributed by atoms with Crippen LogP contribution < -0.4 is 0 Å². The Morgan fingerprint density at radius 1 is 0.900 bits per heavy atom. The topological polar surface area (TPSA) is 20.7 Å². The van der Waals surface area contributed by atoms with Crippen LogP contribution >= 0.6 is 12.2 Å². The van der Waals surface area contributed by atoms with E-state index in [-0.39, 0.29) is 0 Å². The molecule has 3 rings (SSSR count). The van der Waals surface area contributed by atoms with Crippen LogP contribution in [0.5, 0.6) is 0 Å². The molecule has 0 aliphatic heterocycles. The zero-order valence-electron chi connectivity index (χ0n) is 11.3. The predicted molar refractivity (Wildman–Crippen MR) is 86.2 cm³/mol. The zero-order valence-corrected chi connectivity index (χ0v) is 12.2. The van der Waals surface area contributed by atoms with Gasteiger partial charge in [-0.1, -0.05) is 60.7 Å². The Balaban J connectivity index is 2.29. The minimum Gasteiger partial charge on any atom is -0.330 e. The van der Waals surface area contributed by atoms with Crippen molar-refractivity contribution < 1.29 is 0 Å². The number of hydrogen-bond donors (Lipinski definition) is 1. The normalized spacial score (nSPS) is 10.7. The quantitative estimate of drug-likeness (QED) is 0.677. The molecule has 0 spiro atoms. The first-order chi connectivity index (χ1) is 9.81. The maximum Gasteiger partial charge on any atom is 0.178 e. The molecule has 0 unspecified atom stereocenters. The van der Waals surface area contributed by atoms with Crippen molar-refractivity contribution in [3.05, 3.63) is 65.4 Å². The van der Waals surface area contributed by atoms with Gasteiger partial charge in [0.05, 0.1) is 11.4 Å². The van der Waals surface area contributed by atoms with Crippen LogP contribution in [0.15, 0.2) is 60.7 Å². The molecule has 20 heavy (non-hydrogen) atoms. The number of nitrogens with one attached hydrogen (secondary N) is 1. The van der Waals surface area contributed by atoms with Gasteiger partial charge in [0.25, 0.3) is 0 Å². The Morgan fingerprint density at radius 2 is 1.45 bits per heavy atom. The van der Waals surface area contributed by atoms with Gasteiger partial charge in [0.15, 0.2) is 4.77 Å². The summed E-state index contributed by atoms with van der Waals surface area (Å²) in [6.07, 6.45) is 0. The van der Waals surface area contributed by atoms with Gasteiger partial charge in [-0.15, -0.1) is 0 Å². The van der Waals surface area contributed by atoms with Crippen molar-refractivity contribution in [3.63, 3.8) is 0 Å². The molecule has 1 N–H and O–H groups in total. The minimum absolute atomic E-state index is 0.769. The molecule has 1 heterocycles. The molecule has 0 aliphatic rings. The van der Waals surface area contributed by atoms with Crippen LogP contribution in [0.4, 0.5) is 0 Å². The Bertz CT molecular complexity index is 755. The molecule has 0 aliphatic carbocycles. The van der Waals surface area contributed by atoms with E-state index in [1.807, 2.05) is 24.3 Å². The average molecular weight is 280 g/mol. The summed E-state index contributed by atoms with van der Waals surface area (Å²) in [5.41, 5.74) is 4.58. The summed E-state index contributed by atoms with van der Waals surface area (Å²) in [5, 5.41) is 0. The second-order valence-electron chi connectivity index (χ2n) is 4.63. The number of imidazole rings is 1. The largest absolute Gasteiger partial charge is 0.330 e. The van der Waals surface area contributed by atoms with Crippen molar-refractivity contribution in [3.8, 4) is 22.5 Å². The van der Waals surface area contributed by atoms with E-state index in [0.717, 1.165) is 28.3 Å². The standard InChI is InChI=1S/C17H16N2S/c1-2-19-16(14-11-7-4-8-12-14)15(18-17(19)20)13-9-5-3-6-10-13/h3-12H,2H2,1H3,(H,18,20). The summed E-state index contributed by atoms with van der Waals surface area (Å²) in [7, 11) is 0. The number of benzene rings is 2. The molecule has 0 atom stereocenters. The second-order valence-corrected chi connectivity index (χ2v) is 5.02. The lowest BCUT2D eigenvalue weighted by atomic mass is 10.0. The number of nitrogens with zero attached hydrogens (tertiary/aromatic N) is 1. The molecule has 2 nitrogen and oxygen atoms in total. The fraction of sp³-hybridized carbons (Fsp3) is 0.118. The van der Waals surface area contributed by atoms with Gasteiger partial charge in [0, 0.05) is 17.7 Å². The summed E-state index contributed by atoms with van der Waals surface area (Å²) >= 11 is 5.47. The number of aromatic nitrogens is 2. The minimum atomic E-state index is 0.769. The van der Waals surface area contributed by atoms with E-state index < -0.39 is 0 Å². The number of hydrogen-bond acceptors (Lipinski definition) is 1. The fourth-order valence-corrected chi connectivity index (χ4v) is 2.80. The van der Waals surface area contributed by atoms with Gasteiger partial charge in [-0.3, -0.25) is 0 Å². The molecule has 0 saturated carbocycles. The van der Waals surface area contributed by atoms with Crippen LogP contribution in [-0.4, -0.2) is 9.55 Å². The summed E-state index contributed by atoms with van der Waals surface area (Å²) in [4.78, 5) is 3.36. The highest BCUT2D eigenvalue weighted by atomic mass is 32.1. The third-order valence-electron chi connectivity index (χ3n) is 3.41. The zero-order chi connectivity index (χ0) is 13.9. The van der Waals surface area contributed by atoms with Crippen LogP contribution in [0.1, 0.15) is 6.92 Å². The van der Waals surface area contributed by atoms with Crippen molar-refractivity contribution in [2.24, 2.45) is 0 Å². The molecule has 0 radical (unpaired) electrons. The maximum absolute atomic E-state index is 5.47. The molecule has 2 aromatic carbocycles. The van der Waals surface area contributed by atoms with Crippen LogP contribution in [-0.2, 0) is 6.54 Å². The van der Waals surface area contributed by atoms with E-state index in [0.29, 0.717) is 0 Å². The molecule has 1 aromatic heterocycles. The Kier molecular flexibility index (Phi) is 3.52. The van der Waals surface area contributed by atoms with Gasteiger partial charge in [0.1, 0.15) is 0 Å². The first-order valence-corrected chi connectivity index (χ1v) is 7.15. The van der Waals surface area contributed by atoms with Crippen LogP contribution in [0.3, 0.4) is 0 Å². The summed E-state index contributed by atoms with van der Waals surface area (Å²) in [6.45, 7) is 2.97. The van der Waals surface area contributed by atoms with Crippen molar-refractivity contribution >= 4 is 12.2 Å². The summed E-state index contributed by atoms with van der Waals surface area (Å²) in [5.74, 6) is 0. The molecule has 100 valence electrons. The van der Waals surface area contributed by atoms with Gasteiger partial charge in [-0.25, -0.2) is 0 Å². The molecule has 3 aromatic rings. The first-order valence-electron chi connectivity index (χ1n) is 6.75. The van der Waals surface area contributed by atoms with Crippen molar-refractivity contribution in [1.29, 1.82) is 0 Å². The van der Waals surface area contributed by atoms with E-state index in [1.165, 1.54) is 5.56 Å². The molecule has 0 amide bonds. The lowest BCUT2D eigenvalue weighted by Gasteiger charge is -2.09. The van der Waals surface area contributed by atoms with Gasteiger partial charge in [0.2, 0.25) is 0 Å². The van der Waals surface area contributed by atoms with Crippen molar-refractivity contribution in [2.75, 3.05) is 0 Å². The van der Waals surface area contributed by atoms with E-state index in [2.05, 4.69) is 52.9 Å². The third kappa shape index (κ3) is 2.21.